The van der Waals surface area contributed by atoms with Gasteiger partial charge in [0.15, 0.2) is 5.82 Å². The molecule has 1 atom stereocenters. The first-order valence-electron chi connectivity index (χ1n) is 8.30. The van der Waals surface area contributed by atoms with Gasteiger partial charge in [0.1, 0.15) is 6.04 Å². The second-order valence-corrected chi connectivity index (χ2v) is 5.99. The van der Waals surface area contributed by atoms with Crippen LogP contribution < -0.4 is 10.6 Å². The van der Waals surface area contributed by atoms with Crippen LogP contribution in [-0.2, 0) is 9.59 Å². The number of nitrogens with one attached hydrogen (secondary N) is 2. The van der Waals surface area contributed by atoms with E-state index in [-0.39, 0.29) is 17.7 Å². The Labute approximate surface area is 150 Å². The van der Waals surface area contributed by atoms with Crippen molar-refractivity contribution >= 4 is 29.2 Å². The molecule has 1 saturated heterocycles. The van der Waals surface area contributed by atoms with Gasteiger partial charge in [0.25, 0.3) is 5.91 Å². The van der Waals surface area contributed by atoms with Crippen LogP contribution in [0, 0.1) is 0 Å². The molecule has 0 bridgehead atoms. The number of hydrogen-bond acceptors (Lipinski definition) is 5. The summed E-state index contributed by atoms with van der Waals surface area (Å²) < 4.78 is 0. The molecule has 8 heteroatoms. The van der Waals surface area contributed by atoms with Gasteiger partial charge in [0.2, 0.25) is 11.8 Å². The molecule has 1 aliphatic heterocycles. The zero-order chi connectivity index (χ0) is 18.5. The monoisotopic (exact) mass is 353 g/mol. The van der Waals surface area contributed by atoms with Crippen LogP contribution in [0.2, 0.25) is 0 Å². The van der Waals surface area contributed by atoms with Crippen molar-refractivity contribution in [3.05, 3.63) is 48.4 Å². The van der Waals surface area contributed by atoms with Gasteiger partial charge in [-0.3, -0.25) is 19.4 Å². The van der Waals surface area contributed by atoms with E-state index in [1.54, 1.807) is 29.2 Å². The zero-order valence-corrected chi connectivity index (χ0v) is 14.3. The van der Waals surface area contributed by atoms with E-state index in [2.05, 4.69) is 20.6 Å². The first-order chi connectivity index (χ1) is 12.5. The van der Waals surface area contributed by atoms with Crippen molar-refractivity contribution in [3.63, 3.8) is 0 Å². The molecule has 1 aromatic heterocycles. The van der Waals surface area contributed by atoms with Crippen LogP contribution in [0.15, 0.2) is 42.9 Å². The number of likely N-dealkylation sites (tertiary alicyclic amines) is 1. The molecule has 1 fully saturated rings. The Hall–Kier alpha value is -3.29. The Bertz CT molecular complexity index is 825. The topological polar surface area (TPSA) is 104 Å². The molecule has 1 unspecified atom stereocenters. The van der Waals surface area contributed by atoms with Crippen molar-refractivity contribution in [2.75, 3.05) is 17.2 Å². The van der Waals surface area contributed by atoms with Gasteiger partial charge in [-0.15, -0.1) is 0 Å². The molecule has 0 radical (unpaired) electrons. The molecule has 134 valence electrons. The van der Waals surface area contributed by atoms with Crippen molar-refractivity contribution in [1.29, 1.82) is 0 Å². The maximum absolute atomic E-state index is 12.5. The summed E-state index contributed by atoms with van der Waals surface area (Å²) in [6.07, 6.45) is 5.88. The minimum absolute atomic E-state index is 0.111. The molecule has 1 aliphatic rings. The summed E-state index contributed by atoms with van der Waals surface area (Å²) in [5.41, 5.74) is 0.875. The first kappa shape index (κ1) is 17.5. The molecule has 0 spiro atoms. The minimum Gasteiger partial charge on any atom is -0.331 e. The zero-order valence-electron chi connectivity index (χ0n) is 14.3. The molecule has 0 aliphatic carbocycles. The third-order valence-electron chi connectivity index (χ3n) is 4.16. The molecule has 2 heterocycles. The van der Waals surface area contributed by atoms with Crippen LogP contribution in [-0.4, -0.2) is 45.2 Å². The number of hydrogen-bond donors (Lipinski definition) is 2. The number of amides is 3. The Balaban J connectivity index is 1.68. The fourth-order valence-corrected chi connectivity index (χ4v) is 2.93. The van der Waals surface area contributed by atoms with E-state index in [4.69, 9.17) is 0 Å². The van der Waals surface area contributed by atoms with Crippen molar-refractivity contribution in [2.24, 2.45) is 0 Å². The largest absolute Gasteiger partial charge is 0.331 e. The van der Waals surface area contributed by atoms with Crippen LogP contribution in [0.25, 0.3) is 0 Å². The number of carbonyl (C=O) groups is 3. The van der Waals surface area contributed by atoms with E-state index in [9.17, 15) is 14.4 Å². The predicted octanol–water partition coefficient (Wildman–Crippen LogP) is 1.68. The molecular formula is C18H19N5O3. The summed E-state index contributed by atoms with van der Waals surface area (Å²) in [5.74, 6) is -0.369. The highest BCUT2D eigenvalue weighted by Crippen LogP contribution is 2.20. The number of carbonyl (C=O) groups excluding carboxylic acids is 3. The molecular weight excluding hydrogens is 334 g/mol. The van der Waals surface area contributed by atoms with Gasteiger partial charge < -0.3 is 15.5 Å². The van der Waals surface area contributed by atoms with Gasteiger partial charge in [0, 0.05) is 37.1 Å². The normalized spacial score (nSPS) is 16.2. The molecule has 26 heavy (non-hydrogen) atoms. The number of aromatic nitrogens is 2. The third kappa shape index (κ3) is 4.02. The third-order valence-corrected chi connectivity index (χ3v) is 4.16. The highest BCUT2D eigenvalue weighted by atomic mass is 16.2. The summed E-state index contributed by atoms with van der Waals surface area (Å²) in [7, 11) is 0. The van der Waals surface area contributed by atoms with E-state index in [0.29, 0.717) is 30.0 Å². The van der Waals surface area contributed by atoms with Crippen LogP contribution in [0.5, 0.6) is 0 Å². The molecule has 2 N–H and O–H groups in total. The summed E-state index contributed by atoms with van der Waals surface area (Å²) in [6.45, 7) is 2.05. The van der Waals surface area contributed by atoms with Gasteiger partial charge in [-0.05, 0) is 31.0 Å². The van der Waals surface area contributed by atoms with Crippen LogP contribution in [0.4, 0.5) is 11.5 Å². The lowest BCUT2D eigenvalue weighted by molar-refractivity contribution is -0.134. The first-order valence-corrected chi connectivity index (χ1v) is 8.30. The van der Waals surface area contributed by atoms with Crippen LogP contribution >= 0.6 is 0 Å². The van der Waals surface area contributed by atoms with Crippen molar-refractivity contribution in [3.8, 4) is 0 Å². The van der Waals surface area contributed by atoms with Gasteiger partial charge in [0.05, 0.1) is 6.20 Å². The Morgan fingerprint density at radius 3 is 2.77 bits per heavy atom. The molecule has 1 aromatic carbocycles. The lowest BCUT2D eigenvalue weighted by Gasteiger charge is -2.22. The van der Waals surface area contributed by atoms with Gasteiger partial charge in [-0.1, -0.05) is 6.07 Å². The standard InChI is InChI=1S/C18H19N5O3/c1-12(24)23-9-3-6-15(23)18(26)21-14-5-2-4-13(10-14)17(25)22-16-11-19-7-8-20-16/h2,4-5,7-8,10-11,15H,3,6,9H2,1H3,(H,21,26)(H,20,22,25). The summed E-state index contributed by atoms with van der Waals surface area (Å²) in [5, 5.41) is 5.42. The predicted molar refractivity (Wildman–Crippen MR) is 95.5 cm³/mol. The number of anilines is 2. The highest BCUT2D eigenvalue weighted by Gasteiger charge is 2.32. The van der Waals surface area contributed by atoms with Gasteiger partial charge in [-0.25, -0.2) is 4.98 Å². The smallest absolute Gasteiger partial charge is 0.256 e. The molecule has 0 saturated carbocycles. The maximum Gasteiger partial charge on any atom is 0.256 e. The lowest BCUT2D eigenvalue weighted by atomic mass is 10.1. The maximum atomic E-state index is 12.5. The summed E-state index contributed by atoms with van der Waals surface area (Å²) >= 11 is 0. The van der Waals surface area contributed by atoms with E-state index in [1.165, 1.54) is 25.5 Å². The van der Waals surface area contributed by atoms with E-state index in [1.807, 2.05) is 0 Å². The second-order valence-electron chi connectivity index (χ2n) is 5.99. The molecule has 2 aromatic rings. The average Bonchev–Trinajstić information content (AvgIpc) is 3.13. The fourth-order valence-electron chi connectivity index (χ4n) is 2.93. The van der Waals surface area contributed by atoms with Crippen LogP contribution in [0.1, 0.15) is 30.1 Å². The van der Waals surface area contributed by atoms with E-state index >= 15 is 0 Å². The summed E-state index contributed by atoms with van der Waals surface area (Å²) in [6, 6.07) is 6.13. The number of benzene rings is 1. The number of nitrogens with zero attached hydrogens (tertiary/aromatic N) is 3. The number of rotatable bonds is 4. The van der Waals surface area contributed by atoms with Crippen LogP contribution in [0.3, 0.4) is 0 Å². The molecule has 3 rings (SSSR count). The van der Waals surface area contributed by atoms with E-state index in [0.717, 1.165) is 6.42 Å². The molecule has 3 amide bonds. The Kier molecular flexibility index (Phi) is 5.21. The second kappa shape index (κ2) is 7.73. The van der Waals surface area contributed by atoms with Crippen molar-refractivity contribution in [1.82, 2.24) is 14.9 Å². The van der Waals surface area contributed by atoms with E-state index < -0.39 is 6.04 Å². The van der Waals surface area contributed by atoms with Gasteiger partial charge in [-0.2, -0.15) is 0 Å². The lowest BCUT2D eigenvalue weighted by Crippen LogP contribution is -2.42. The van der Waals surface area contributed by atoms with Gasteiger partial charge >= 0.3 is 0 Å². The minimum atomic E-state index is -0.468. The summed E-state index contributed by atoms with van der Waals surface area (Å²) in [4.78, 5) is 45.8. The SMILES string of the molecule is CC(=O)N1CCCC1C(=O)Nc1cccc(C(=O)Nc2cnccn2)c1. The van der Waals surface area contributed by atoms with Crippen molar-refractivity contribution < 1.29 is 14.4 Å². The molecule has 8 nitrogen and oxygen atoms in total. The fraction of sp³-hybridized carbons (Fsp3) is 0.278. The average molecular weight is 353 g/mol. The Morgan fingerprint density at radius 1 is 1.19 bits per heavy atom. The Morgan fingerprint density at radius 2 is 2.04 bits per heavy atom. The quantitative estimate of drug-likeness (QED) is 0.870. The highest BCUT2D eigenvalue weighted by molar-refractivity contribution is 6.05. The van der Waals surface area contributed by atoms with Crippen molar-refractivity contribution in [2.45, 2.75) is 25.8 Å².